The first kappa shape index (κ1) is 11.5. The molecule has 0 nitrogen and oxygen atoms in total. The first-order valence-corrected chi connectivity index (χ1v) is 4.96. The second kappa shape index (κ2) is 6.05. The minimum absolute atomic E-state index is 0.565. The van der Waals surface area contributed by atoms with Gasteiger partial charge in [-0.25, -0.2) is 0 Å². The van der Waals surface area contributed by atoms with Gasteiger partial charge >= 0.3 is 0 Å². The van der Waals surface area contributed by atoms with E-state index >= 15 is 0 Å². The second-order valence-electron chi connectivity index (χ2n) is 3.55. The van der Waals surface area contributed by atoms with Gasteiger partial charge in [-0.05, 0) is 25.7 Å². The van der Waals surface area contributed by atoms with E-state index in [0.717, 1.165) is 6.42 Å². The van der Waals surface area contributed by atoms with Crippen LogP contribution in [0.3, 0.4) is 0 Å². The molecule has 12 heavy (non-hydrogen) atoms. The normalized spacial score (nSPS) is 12.6. The van der Waals surface area contributed by atoms with Crippen LogP contribution in [0.2, 0.25) is 0 Å². The van der Waals surface area contributed by atoms with Crippen molar-refractivity contribution < 1.29 is 0 Å². The van der Waals surface area contributed by atoms with Crippen LogP contribution in [0.1, 0.15) is 46.5 Å². The fourth-order valence-electron chi connectivity index (χ4n) is 1.45. The van der Waals surface area contributed by atoms with Gasteiger partial charge in [0.1, 0.15) is 0 Å². The molecule has 0 aliphatic rings. The molecule has 70 valence electrons. The van der Waals surface area contributed by atoms with Crippen LogP contribution in [0.4, 0.5) is 0 Å². The van der Waals surface area contributed by atoms with Crippen molar-refractivity contribution in [1.82, 2.24) is 0 Å². The van der Waals surface area contributed by atoms with Gasteiger partial charge in [-0.3, -0.25) is 0 Å². The third kappa shape index (κ3) is 3.75. The minimum atomic E-state index is 0.565. The molecule has 0 rings (SSSR count). The van der Waals surface area contributed by atoms with Gasteiger partial charge in [-0.15, -0.1) is 0 Å². The molecule has 0 radical (unpaired) electrons. The summed E-state index contributed by atoms with van der Waals surface area (Å²) in [5.41, 5.74) is 2.62. The molecule has 0 heteroatoms. The smallest absolute Gasteiger partial charge is 0.000133 e. The number of rotatable bonds is 6. The Labute approximate surface area is 77.4 Å². The lowest BCUT2D eigenvalue weighted by atomic mass is 9.88. The van der Waals surface area contributed by atoms with E-state index in [1.165, 1.54) is 30.4 Å². The first-order chi connectivity index (χ1) is 5.63. The Morgan fingerprint density at radius 1 is 1.25 bits per heavy atom. The summed E-state index contributed by atoms with van der Waals surface area (Å²) in [6.07, 6.45) is 4.87. The van der Waals surface area contributed by atoms with E-state index in [-0.39, 0.29) is 0 Å². The monoisotopic (exact) mass is 166 g/mol. The Kier molecular flexibility index (Phi) is 5.79. The van der Waals surface area contributed by atoms with Gasteiger partial charge in [-0.1, -0.05) is 51.0 Å². The van der Waals surface area contributed by atoms with Crippen LogP contribution in [-0.2, 0) is 0 Å². The zero-order valence-electron chi connectivity index (χ0n) is 8.82. The van der Waals surface area contributed by atoms with Gasteiger partial charge in [0, 0.05) is 0 Å². The highest BCUT2D eigenvalue weighted by Gasteiger charge is 2.10. The summed E-state index contributed by atoms with van der Waals surface area (Å²) in [5, 5.41) is 0. The standard InChI is InChI=1S/C12H22/c1-6-8-9-12(10(3)4)11(5)7-2/h12H,3,5-9H2,1-2,4H3. The molecule has 1 unspecified atom stereocenters. The SMILES string of the molecule is C=C(C)C(CCCC)C(=C)CC. The highest BCUT2D eigenvalue weighted by Crippen LogP contribution is 2.25. The van der Waals surface area contributed by atoms with Crippen LogP contribution in [-0.4, -0.2) is 0 Å². The van der Waals surface area contributed by atoms with Crippen molar-refractivity contribution in [2.45, 2.75) is 46.5 Å². The molecule has 0 aliphatic heterocycles. The fourth-order valence-corrected chi connectivity index (χ4v) is 1.45. The average Bonchev–Trinajstić information content (AvgIpc) is 2.04. The largest absolute Gasteiger partial charge is 0.0995 e. The predicted octanol–water partition coefficient (Wildman–Crippen LogP) is 4.34. The molecule has 0 spiro atoms. The van der Waals surface area contributed by atoms with Crippen molar-refractivity contribution in [2.24, 2.45) is 5.92 Å². The minimum Gasteiger partial charge on any atom is -0.0995 e. The van der Waals surface area contributed by atoms with Crippen molar-refractivity contribution in [1.29, 1.82) is 0 Å². The highest BCUT2D eigenvalue weighted by atomic mass is 14.2. The van der Waals surface area contributed by atoms with Crippen LogP contribution in [0, 0.1) is 5.92 Å². The first-order valence-electron chi connectivity index (χ1n) is 4.96. The summed E-state index contributed by atoms with van der Waals surface area (Å²) in [6.45, 7) is 14.6. The molecular formula is C12H22. The Morgan fingerprint density at radius 3 is 2.17 bits per heavy atom. The van der Waals surface area contributed by atoms with E-state index in [1.54, 1.807) is 0 Å². The van der Waals surface area contributed by atoms with Gasteiger partial charge in [0.2, 0.25) is 0 Å². The lowest BCUT2D eigenvalue weighted by Crippen LogP contribution is -2.03. The van der Waals surface area contributed by atoms with Crippen molar-refractivity contribution >= 4 is 0 Å². The van der Waals surface area contributed by atoms with Gasteiger partial charge in [0.05, 0.1) is 0 Å². The molecular weight excluding hydrogens is 144 g/mol. The Morgan fingerprint density at radius 2 is 1.83 bits per heavy atom. The quantitative estimate of drug-likeness (QED) is 0.515. The molecule has 0 bridgehead atoms. The van der Waals surface area contributed by atoms with E-state index < -0.39 is 0 Å². The molecule has 0 saturated carbocycles. The third-order valence-electron chi connectivity index (χ3n) is 2.39. The summed E-state index contributed by atoms with van der Waals surface area (Å²) in [6, 6.07) is 0. The maximum atomic E-state index is 4.09. The summed E-state index contributed by atoms with van der Waals surface area (Å²) >= 11 is 0. The molecule has 0 saturated heterocycles. The maximum absolute atomic E-state index is 4.09. The fraction of sp³-hybridized carbons (Fsp3) is 0.667. The van der Waals surface area contributed by atoms with Crippen molar-refractivity contribution in [3.63, 3.8) is 0 Å². The van der Waals surface area contributed by atoms with Gasteiger partial charge in [-0.2, -0.15) is 0 Å². The zero-order chi connectivity index (χ0) is 9.56. The highest BCUT2D eigenvalue weighted by molar-refractivity contribution is 5.14. The summed E-state index contributed by atoms with van der Waals surface area (Å²) in [5.74, 6) is 0.565. The van der Waals surface area contributed by atoms with E-state index in [2.05, 4.69) is 33.9 Å². The Hall–Kier alpha value is -0.520. The van der Waals surface area contributed by atoms with Crippen LogP contribution < -0.4 is 0 Å². The molecule has 0 aromatic carbocycles. The van der Waals surface area contributed by atoms with Crippen molar-refractivity contribution in [3.05, 3.63) is 24.3 Å². The van der Waals surface area contributed by atoms with Gasteiger partial charge < -0.3 is 0 Å². The van der Waals surface area contributed by atoms with Crippen LogP contribution in [0.15, 0.2) is 24.3 Å². The third-order valence-corrected chi connectivity index (χ3v) is 2.39. The zero-order valence-corrected chi connectivity index (χ0v) is 8.82. The molecule has 1 atom stereocenters. The summed E-state index contributed by atoms with van der Waals surface area (Å²) in [7, 11) is 0. The van der Waals surface area contributed by atoms with Gasteiger partial charge in [0.15, 0.2) is 0 Å². The van der Waals surface area contributed by atoms with E-state index in [1.807, 2.05) is 0 Å². The molecule has 0 aliphatic carbocycles. The van der Waals surface area contributed by atoms with E-state index in [4.69, 9.17) is 0 Å². The summed E-state index contributed by atoms with van der Waals surface area (Å²) < 4.78 is 0. The molecule has 0 amide bonds. The van der Waals surface area contributed by atoms with Crippen LogP contribution in [0.5, 0.6) is 0 Å². The predicted molar refractivity (Wildman–Crippen MR) is 57.3 cm³/mol. The molecule has 0 N–H and O–H groups in total. The molecule has 0 aromatic rings. The lowest BCUT2D eigenvalue weighted by Gasteiger charge is -2.18. The number of allylic oxidation sites excluding steroid dienone is 2. The van der Waals surface area contributed by atoms with E-state index in [0.29, 0.717) is 5.92 Å². The Balaban J connectivity index is 4.04. The van der Waals surface area contributed by atoms with E-state index in [9.17, 15) is 0 Å². The lowest BCUT2D eigenvalue weighted by molar-refractivity contribution is 0.583. The second-order valence-corrected chi connectivity index (χ2v) is 3.55. The number of unbranched alkanes of at least 4 members (excludes halogenated alkanes) is 1. The molecule has 0 aromatic heterocycles. The topological polar surface area (TPSA) is 0 Å². The van der Waals surface area contributed by atoms with Crippen LogP contribution in [0.25, 0.3) is 0 Å². The Bertz CT molecular complexity index is 153. The molecule has 0 heterocycles. The molecule has 0 fully saturated rings. The van der Waals surface area contributed by atoms with Gasteiger partial charge in [0.25, 0.3) is 0 Å². The number of hydrogen-bond donors (Lipinski definition) is 0. The van der Waals surface area contributed by atoms with Crippen molar-refractivity contribution in [3.8, 4) is 0 Å². The average molecular weight is 166 g/mol. The van der Waals surface area contributed by atoms with Crippen LogP contribution >= 0.6 is 0 Å². The summed E-state index contributed by atoms with van der Waals surface area (Å²) in [4.78, 5) is 0. The maximum Gasteiger partial charge on any atom is -0.000133 e. The number of hydrogen-bond acceptors (Lipinski definition) is 0. The van der Waals surface area contributed by atoms with Crippen molar-refractivity contribution in [2.75, 3.05) is 0 Å².